The highest BCUT2D eigenvalue weighted by molar-refractivity contribution is 7.99. The average molecular weight is 348 g/mol. The van der Waals surface area contributed by atoms with Crippen molar-refractivity contribution in [1.29, 1.82) is 0 Å². The summed E-state index contributed by atoms with van der Waals surface area (Å²) in [6.07, 6.45) is -0.488. The Morgan fingerprint density at radius 2 is 1.96 bits per heavy atom. The number of hydrogen-bond acceptors (Lipinski definition) is 3. The third-order valence-electron chi connectivity index (χ3n) is 3.24. The Labute approximate surface area is 139 Å². The maximum absolute atomic E-state index is 12.4. The first-order valence-corrected chi connectivity index (χ1v) is 8.62. The molecule has 1 aromatic rings. The second-order valence-electron chi connectivity index (χ2n) is 5.96. The second kappa shape index (κ2) is 9.15. The van der Waals surface area contributed by atoms with Gasteiger partial charge in [-0.2, -0.15) is 13.2 Å². The molecule has 130 valence electrons. The molecule has 0 aliphatic heterocycles. The lowest BCUT2D eigenvalue weighted by molar-refractivity contribution is -0.137. The third-order valence-corrected chi connectivity index (χ3v) is 4.18. The predicted molar refractivity (Wildman–Crippen MR) is 86.3 cm³/mol. The van der Waals surface area contributed by atoms with Crippen LogP contribution in [0.1, 0.15) is 45.6 Å². The van der Waals surface area contributed by atoms with Gasteiger partial charge in [0.1, 0.15) is 0 Å². The van der Waals surface area contributed by atoms with Crippen LogP contribution in [-0.2, 0) is 11.0 Å². The summed E-state index contributed by atoms with van der Waals surface area (Å²) in [5.74, 6) is 0.667. The zero-order valence-corrected chi connectivity index (χ0v) is 14.4. The molecule has 0 spiro atoms. The summed E-state index contributed by atoms with van der Waals surface area (Å²) in [5, 5.41) is 3.30. The van der Waals surface area contributed by atoms with Crippen LogP contribution in [0, 0.1) is 5.92 Å². The summed E-state index contributed by atoms with van der Waals surface area (Å²) < 4.78 is 37.3. The van der Waals surface area contributed by atoms with Crippen molar-refractivity contribution >= 4 is 17.7 Å². The van der Waals surface area contributed by atoms with E-state index in [0.717, 1.165) is 43.3 Å². The lowest BCUT2D eigenvalue weighted by atomic mass is 10.0. The zero-order chi connectivity index (χ0) is 17.5. The molecule has 0 saturated carbocycles. The van der Waals surface area contributed by atoms with Gasteiger partial charge in [-0.15, -0.1) is 0 Å². The molecule has 0 aromatic carbocycles. The van der Waals surface area contributed by atoms with Gasteiger partial charge in [0.15, 0.2) is 0 Å². The van der Waals surface area contributed by atoms with Crippen LogP contribution in [0.15, 0.2) is 23.4 Å². The van der Waals surface area contributed by atoms with Crippen molar-refractivity contribution in [2.45, 2.75) is 57.3 Å². The summed E-state index contributed by atoms with van der Waals surface area (Å²) in [5.41, 5.74) is -0.787. The molecule has 23 heavy (non-hydrogen) atoms. The molecule has 1 amide bonds. The molecule has 0 fully saturated rings. The molecule has 0 aliphatic rings. The SMILES string of the molecule is CC(C)CCCC(C)NC(=O)CSc1ccc(C(F)(F)F)cn1. The normalized spacial score (nSPS) is 13.2. The Bertz CT molecular complexity index is 489. The first-order chi connectivity index (χ1) is 10.7. The van der Waals surface area contributed by atoms with Crippen LogP contribution in [0.3, 0.4) is 0 Å². The highest BCUT2D eigenvalue weighted by Gasteiger charge is 2.30. The standard InChI is InChI=1S/C16H23F3N2OS/c1-11(2)5-4-6-12(3)21-14(22)10-23-15-8-7-13(9-20-15)16(17,18)19/h7-9,11-12H,4-6,10H2,1-3H3,(H,21,22). The van der Waals surface area contributed by atoms with Gasteiger partial charge >= 0.3 is 6.18 Å². The molecule has 0 aliphatic carbocycles. The molecule has 1 atom stereocenters. The van der Waals surface area contributed by atoms with E-state index in [1.54, 1.807) is 0 Å². The number of pyridine rings is 1. The maximum Gasteiger partial charge on any atom is 0.417 e. The number of carbonyl (C=O) groups excluding carboxylic acids is 1. The van der Waals surface area contributed by atoms with E-state index < -0.39 is 11.7 Å². The Kier molecular flexibility index (Phi) is 7.88. The van der Waals surface area contributed by atoms with Gasteiger partial charge in [-0.05, 0) is 31.4 Å². The van der Waals surface area contributed by atoms with Crippen molar-refractivity contribution < 1.29 is 18.0 Å². The summed E-state index contributed by atoms with van der Waals surface area (Å²) >= 11 is 1.13. The van der Waals surface area contributed by atoms with Gasteiger partial charge in [0, 0.05) is 12.2 Å². The average Bonchev–Trinajstić information content (AvgIpc) is 2.44. The van der Waals surface area contributed by atoms with Crippen LogP contribution in [0.2, 0.25) is 0 Å². The van der Waals surface area contributed by atoms with Crippen LogP contribution >= 0.6 is 11.8 Å². The summed E-state index contributed by atoms with van der Waals surface area (Å²) in [6.45, 7) is 6.28. The second-order valence-corrected chi connectivity index (χ2v) is 6.96. The molecule has 1 N–H and O–H groups in total. The molecule has 1 unspecified atom stereocenters. The number of carbonyl (C=O) groups is 1. The molecule has 0 bridgehead atoms. The first-order valence-electron chi connectivity index (χ1n) is 7.64. The smallest absolute Gasteiger partial charge is 0.353 e. The molecule has 1 aromatic heterocycles. The van der Waals surface area contributed by atoms with Gasteiger partial charge in [-0.25, -0.2) is 4.98 Å². The van der Waals surface area contributed by atoms with E-state index in [-0.39, 0.29) is 17.7 Å². The van der Waals surface area contributed by atoms with Crippen molar-refractivity contribution in [2.24, 2.45) is 5.92 Å². The molecule has 7 heteroatoms. The largest absolute Gasteiger partial charge is 0.417 e. The molecule has 0 saturated heterocycles. The summed E-state index contributed by atoms with van der Waals surface area (Å²) in [6, 6.07) is 2.36. The van der Waals surface area contributed by atoms with Crippen LogP contribution in [0.5, 0.6) is 0 Å². The van der Waals surface area contributed by atoms with Crippen molar-refractivity contribution in [3.8, 4) is 0 Å². The van der Waals surface area contributed by atoms with Crippen LogP contribution in [-0.4, -0.2) is 22.7 Å². The van der Waals surface area contributed by atoms with Crippen LogP contribution in [0.4, 0.5) is 13.2 Å². The number of nitrogens with one attached hydrogen (secondary N) is 1. The van der Waals surface area contributed by atoms with Gasteiger partial charge in [-0.3, -0.25) is 4.79 Å². The molecular formula is C16H23F3N2OS. The van der Waals surface area contributed by atoms with Crippen molar-refractivity contribution in [2.75, 3.05) is 5.75 Å². The number of amides is 1. The monoisotopic (exact) mass is 348 g/mol. The van der Waals surface area contributed by atoms with Gasteiger partial charge in [0.25, 0.3) is 0 Å². The number of halogens is 3. The fraction of sp³-hybridized carbons (Fsp3) is 0.625. The van der Waals surface area contributed by atoms with E-state index in [4.69, 9.17) is 0 Å². The number of alkyl halides is 3. The van der Waals surface area contributed by atoms with Gasteiger partial charge in [0.2, 0.25) is 5.91 Å². The molecule has 0 radical (unpaired) electrons. The number of rotatable bonds is 8. The summed E-state index contributed by atoms with van der Waals surface area (Å²) in [7, 11) is 0. The molecule has 3 nitrogen and oxygen atoms in total. The number of hydrogen-bond donors (Lipinski definition) is 1. The van der Waals surface area contributed by atoms with E-state index in [1.807, 2.05) is 6.92 Å². The van der Waals surface area contributed by atoms with Crippen molar-refractivity contribution in [3.05, 3.63) is 23.9 Å². The summed E-state index contributed by atoms with van der Waals surface area (Å²) in [4.78, 5) is 15.5. The topological polar surface area (TPSA) is 42.0 Å². The lowest BCUT2D eigenvalue weighted by Gasteiger charge is -2.14. The first kappa shape index (κ1) is 19.8. The minimum atomic E-state index is -4.39. The third kappa shape index (κ3) is 8.25. The van der Waals surface area contributed by atoms with E-state index >= 15 is 0 Å². The van der Waals surface area contributed by atoms with E-state index in [9.17, 15) is 18.0 Å². The highest BCUT2D eigenvalue weighted by Crippen LogP contribution is 2.29. The minimum Gasteiger partial charge on any atom is -0.353 e. The maximum atomic E-state index is 12.4. The van der Waals surface area contributed by atoms with Crippen molar-refractivity contribution in [1.82, 2.24) is 10.3 Å². The highest BCUT2D eigenvalue weighted by atomic mass is 32.2. The Balaban J connectivity index is 2.33. The fourth-order valence-electron chi connectivity index (χ4n) is 1.99. The zero-order valence-electron chi connectivity index (χ0n) is 13.6. The molecule has 1 heterocycles. The molecular weight excluding hydrogens is 325 g/mol. The lowest BCUT2D eigenvalue weighted by Crippen LogP contribution is -2.33. The molecule has 1 rings (SSSR count). The van der Waals surface area contributed by atoms with E-state index in [1.165, 1.54) is 6.07 Å². The quantitative estimate of drug-likeness (QED) is 0.702. The fourth-order valence-corrected chi connectivity index (χ4v) is 2.65. The van der Waals surface area contributed by atoms with Gasteiger partial charge in [0.05, 0.1) is 16.3 Å². The van der Waals surface area contributed by atoms with Crippen molar-refractivity contribution in [3.63, 3.8) is 0 Å². The Morgan fingerprint density at radius 1 is 1.26 bits per heavy atom. The van der Waals surface area contributed by atoms with E-state index in [0.29, 0.717) is 10.9 Å². The Morgan fingerprint density at radius 3 is 2.48 bits per heavy atom. The van der Waals surface area contributed by atoms with Crippen LogP contribution < -0.4 is 5.32 Å². The number of thioether (sulfide) groups is 1. The number of aromatic nitrogens is 1. The Hall–Kier alpha value is -1.24. The predicted octanol–water partition coefficient (Wildman–Crippen LogP) is 4.52. The van der Waals surface area contributed by atoms with Gasteiger partial charge in [-0.1, -0.05) is 38.5 Å². The minimum absolute atomic E-state index is 0.0995. The van der Waals surface area contributed by atoms with Crippen LogP contribution in [0.25, 0.3) is 0 Å². The van der Waals surface area contributed by atoms with Gasteiger partial charge < -0.3 is 5.32 Å². The number of nitrogens with zero attached hydrogens (tertiary/aromatic N) is 1. The van der Waals surface area contributed by atoms with E-state index in [2.05, 4.69) is 24.1 Å².